The van der Waals surface area contributed by atoms with Crippen LogP contribution >= 0.6 is 0 Å². The first-order valence-corrected chi connectivity index (χ1v) is 8.85. The molecule has 1 aromatic rings. The van der Waals surface area contributed by atoms with Crippen LogP contribution in [-0.4, -0.2) is 23.6 Å². The molecule has 0 aliphatic carbocycles. The van der Waals surface area contributed by atoms with Gasteiger partial charge in [-0.25, -0.2) is 4.39 Å². The van der Waals surface area contributed by atoms with Crippen molar-refractivity contribution < 1.29 is 14.3 Å². The Morgan fingerprint density at radius 3 is 2.18 bits per heavy atom. The Bertz CT molecular complexity index is 789. The number of hydrogen-bond acceptors (Lipinski definition) is 3. The van der Waals surface area contributed by atoms with Gasteiger partial charge in [0.1, 0.15) is 0 Å². The summed E-state index contributed by atoms with van der Waals surface area (Å²) in [6, 6.07) is 2.75. The van der Waals surface area contributed by atoms with E-state index in [1.165, 1.54) is 19.1 Å². The van der Waals surface area contributed by atoms with Crippen LogP contribution in [0, 0.1) is 19.7 Å². The molecule has 28 heavy (non-hydrogen) atoms. The number of aryl methyl sites for hydroxylation is 2. The van der Waals surface area contributed by atoms with Crippen LogP contribution in [0.5, 0.6) is 5.75 Å². The maximum absolute atomic E-state index is 12.5. The molecule has 0 bridgehead atoms. The van der Waals surface area contributed by atoms with Crippen LogP contribution in [0.1, 0.15) is 31.9 Å². The number of Topliss-reactive ketones (excluding diaryl/α,β-unsaturated/α-hetero) is 1. The molecule has 0 saturated heterocycles. The predicted octanol–water partition coefficient (Wildman–Crippen LogP) is 5.99. The lowest BCUT2D eigenvalue weighted by Crippen LogP contribution is -2.04. The second kappa shape index (κ2) is 12.4. The van der Waals surface area contributed by atoms with Gasteiger partial charge in [0.05, 0.1) is 5.71 Å². The van der Waals surface area contributed by atoms with Crippen molar-refractivity contribution in [1.82, 2.24) is 0 Å². The van der Waals surface area contributed by atoms with Gasteiger partial charge in [0.15, 0.2) is 17.3 Å². The number of aromatic hydroxyl groups is 1. The summed E-state index contributed by atoms with van der Waals surface area (Å²) in [5, 5.41) is 8.85. The lowest BCUT2D eigenvalue weighted by molar-refractivity contribution is -0.113. The van der Waals surface area contributed by atoms with E-state index < -0.39 is 5.82 Å². The zero-order valence-electron chi connectivity index (χ0n) is 17.6. The number of allylic oxidation sites excluding steroid dienone is 8. The fourth-order valence-corrected chi connectivity index (χ4v) is 2.24. The number of ketones is 1. The van der Waals surface area contributed by atoms with Crippen molar-refractivity contribution in [3.05, 3.63) is 89.3 Å². The first-order chi connectivity index (χ1) is 13.1. The first-order valence-electron chi connectivity index (χ1n) is 8.85. The Morgan fingerprint density at radius 1 is 1.21 bits per heavy atom. The van der Waals surface area contributed by atoms with Crippen LogP contribution in [0.4, 0.5) is 4.39 Å². The molecule has 0 aromatic heterocycles. The van der Waals surface area contributed by atoms with Crippen molar-refractivity contribution in [3.8, 4) is 5.75 Å². The van der Waals surface area contributed by atoms with Gasteiger partial charge in [-0.05, 0) is 75.1 Å². The molecule has 0 spiro atoms. The van der Waals surface area contributed by atoms with Gasteiger partial charge in [0, 0.05) is 12.6 Å². The molecule has 0 amide bonds. The quantitative estimate of drug-likeness (QED) is 0.373. The smallest absolute Gasteiger partial charge is 0.165 e. The molecule has 1 aromatic carbocycles. The molecule has 0 saturated carbocycles. The monoisotopic (exact) mass is 383 g/mol. The van der Waals surface area contributed by atoms with Gasteiger partial charge < -0.3 is 5.11 Å². The van der Waals surface area contributed by atoms with Gasteiger partial charge in [0.2, 0.25) is 0 Å². The highest BCUT2D eigenvalue weighted by molar-refractivity contribution is 6.15. The molecule has 0 aliphatic rings. The van der Waals surface area contributed by atoms with E-state index in [0.29, 0.717) is 5.57 Å². The summed E-state index contributed by atoms with van der Waals surface area (Å²) in [6.07, 6.45) is 9.16. The van der Waals surface area contributed by atoms with Crippen molar-refractivity contribution >= 4 is 11.5 Å². The number of carbonyl (C=O) groups is 1. The maximum atomic E-state index is 12.5. The molecule has 0 radical (unpaired) electrons. The second-order valence-electron chi connectivity index (χ2n) is 6.25. The van der Waals surface area contributed by atoms with Gasteiger partial charge in [-0.2, -0.15) is 0 Å². The number of halogens is 1. The van der Waals surface area contributed by atoms with E-state index in [1.807, 2.05) is 39.0 Å². The molecule has 0 atom stereocenters. The van der Waals surface area contributed by atoms with E-state index in [0.717, 1.165) is 28.0 Å². The molecular formula is C24H30FNO2. The average Bonchev–Trinajstić information content (AvgIpc) is 2.61. The molecule has 0 aliphatic heterocycles. The summed E-state index contributed by atoms with van der Waals surface area (Å²) in [5.74, 6) is -0.840. The first kappa shape index (κ1) is 25.0. The molecule has 150 valence electrons. The summed E-state index contributed by atoms with van der Waals surface area (Å²) in [7, 11) is 1.70. The Balaban J connectivity index is 0.000000609. The number of aliphatic imine (C=N–C) groups is 1. The number of benzene rings is 1. The third kappa shape index (κ3) is 8.12. The highest BCUT2D eigenvalue weighted by Gasteiger charge is 2.08. The fraction of sp³-hybridized carbons (Fsp3) is 0.250. The van der Waals surface area contributed by atoms with E-state index in [2.05, 4.69) is 18.2 Å². The SMILES string of the molecule is C=C/C=C(\C=C/C)C(/C=C(/C(=C)C)C(C)=O)=NC.Cc1cc(O)c(F)cc1C. The predicted molar refractivity (Wildman–Crippen MR) is 118 cm³/mol. The number of hydrogen-bond donors (Lipinski definition) is 1. The van der Waals surface area contributed by atoms with Crippen molar-refractivity contribution in [3.63, 3.8) is 0 Å². The normalized spacial score (nSPS) is 12.5. The van der Waals surface area contributed by atoms with E-state index >= 15 is 0 Å². The lowest BCUT2D eigenvalue weighted by Gasteiger charge is -2.06. The minimum atomic E-state index is -0.553. The molecule has 1 rings (SSSR count). The zero-order chi connectivity index (χ0) is 21.9. The topological polar surface area (TPSA) is 49.7 Å². The van der Waals surface area contributed by atoms with Crippen LogP contribution in [0.25, 0.3) is 0 Å². The highest BCUT2D eigenvalue weighted by atomic mass is 19.1. The van der Waals surface area contributed by atoms with Crippen LogP contribution in [0.15, 0.2) is 77.4 Å². The average molecular weight is 384 g/mol. The van der Waals surface area contributed by atoms with E-state index in [4.69, 9.17) is 5.11 Å². The van der Waals surface area contributed by atoms with E-state index in [9.17, 15) is 9.18 Å². The van der Waals surface area contributed by atoms with Crippen molar-refractivity contribution in [2.45, 2.75) is 34.6 Å². The van der Waals surface area contributed by atoms with Gasteiger partial charge in [-0.15, -0.1) is 0 Å². The number of carbonyl (C=O) groups excluding carboxylic acids is 1. The standard InChI is InChI=1S/C16H21NO.C8H9FO/c1-7-9-14(10-8-2)16(17-6)11-15(12(3)4)13(5)18;1-5-3-7(9)8(10)4-6(5)2/h7-11H,1,3H2,2,4-6H3;3-4,10H,1-2H3/b10-8-,14-9+,15-11-,17-16?;. The number of rotatable bonds is 6. The molecule has 3 nitrogen and oxygen atoms in total. The molecule has 4 heteroatoms. The maximum Gasteiger partial charge on any atom is 0.165 e. The van der Waals surface area contributed by atoms with Crippen molar-refractivity contribution in [1.29, 1.82) is 0 Å². The molecule has 0 unspecified atom stereocenters. The molecule has 0 fully saturated rings. The number of phenols is 1. The van der Waals surface area contributed by atoms with Crippen LogP contribution < -0.4 is 0 Å². The third-order valence-electron chi connectivity index (χ3n) is 3.86. The summed E-state index contributed by atoms with van der Waals surface area (Å²) < 4.78 is 12.5. The summed E-state index contributed by atoms with van der Waals surface area (Å²) in [6.45, 7) is 16.4. The summed E-state index contributed by atoms with van der Waals surface area (Å²) in [5.41, 5.74) is 4.74. The lowest BCUT2D eigenvalue weighted by atomic mass is 10.00. The largest absolute Gasteiger partial charge is 0.505 e. The van der Waals surface area contributed by atoms with Crippen LogP contribution in [0.2, 0.25) is 0 Å². The molecule has 0 heterocycles. The Hall–Kier alpha value is -3.01. The van der Waals surface area contributed by atoms with Gasteiger partial charge in [-0.1, -0.05) is 37.5 Å². The molecular weight excluding hydrogens is 353 g/mol. The van der Waals surface area contributed by atoms with Crippen LogP contribution in [0.3, 0.4) is 0 Å². The zero-order valence-corrected chi connectivity index (χ0v) is 17.6. The van der Waals surface area contributed by atoms with E-state index in [1.54, 1.807) is 26.1 Å². The summed E-state index contributed by atoms with van der Waals surface area (Å²) in [4.78, 5) is 15.7. The Morgan fingerprint density at radius 2 is 1.79 bits per heavy atom. The Kier molecular flexibility index (Phi) is 11.1. The van der Waals surface area contributed by atoms with Crippen molar-refractivity contribution in [2.75, 3.05) is 7.05 Å². The molecule has 1 N–H and O–H groups in total. The number of phenolic OH excluding ortho intramolecular Hbond substituents is 1. The van der Waals surface area contributed by atoms with Gasteiger partial charge >= 0.3 is 0 Å². The highest BCUT2D eigenvalue weighted by Crippen LogP contribution is 2.19. The third-order valence-corrected chi connectivity index (χ3v) is 3.86. The fourth-order valence-electron chi connectivity index (χ4n) is 2.24. The van der Waals surface area contributed by atoms with Gasteiger partial charge in [0.25, 0.3) is 0 Å². The van der Waals surface area contributed by atoms with E-state index in [-0.39, 0.29) is 11.5 Å². The Labute approximate surface area is 168 Å². The van der Waals surface area contributed by atoms with Crippen molar-refractivity contribution in [2.24, 2.45) is 4.99 Å². The summed E-state index contributed by atoms with van der Waals surface area (Å²) >= 11 is 0. The minimum Gasteiger partial charge on any atom is -0.505 e. The second-order valence-corrected chi connectivity index (χ2v) is 6.25. The van der Waals surface area contributed by atoms with Gasteiger partial charge in [-0.3, -0.25) is 9.79 Å². The number of nitrogens with zero attached hydrogens (tertiary/aromatic N) is 1. The van der Waals surface area contributed by atoms with Crippen LogP contribution in [-0.2, 0) is 4.79 Å². The minimum absolute atomic E-state index is 0.0120.